The highest BCUT2D eigenvalue weighted by atomic mass is 16.6. The molecule has 2 aliphatic rings. The zero-order valence-corrected chi connectivity index (χ0v) is 24.8. The standard InChI is InChI=1S/C32H39N5O6/c1-19(33-32(41)29-34-23-10-6-7-11-26(23)37(29)2)30(39)36-25(17-21-12-14-22(42-3)15-13-21)31(40)35-24(28(38)27-18-43-27)16-20-8-4-5-9-20/h6-7,10-15,19-20,24-25,27H,4-5,8-9,16-18H2,1-3H3,(H,33,41)(H,35,40)(H,36,39)/t19-,24+,25+,27-/m1/s1. The molecule has 1 saturated carbocycles. The van der Waals surface area contributed by atoms with E-state index in [0.29, 0.717) is 30.2 Å². The van der Waals surface area contributed by atoms with E-state index in [1.54, 1.807) is 37.8 Å². The van der Waals surface area contributed by atoms with Gasteiger partial charge in [-0.1, -0.05) is 49.9 Å². The van der Waals surface area contributed by atoms with Gasteiger partial charge in [-0.25, -0.2) is 4.98 Å². The number of para-hydroxylation sites is 2. The number of hydrogen-bond donors (Lipinski definition) is 3. The molecule has 1 aromatic heterocycles. The molecule has 2 fully saturated rings. The van der Waals surface area contributed by atoms with E-state index in [1.807, 2.05) is 36.4 Å². The van der Waals surface area contributed by atoms with Gasteiger partial charge in [0.1, 0.15) is 23.9 Å². The summed E-state index contributed by atoms with van der Waals surface area (Å²) in [5, 5.41) is 8.44. The number of nitrogens with one attached hydrogen (secondary N) is 3. The van der Waals surface area contributed by atoms with Gasteiger partial charge in [-0.3, -0.25) is 19.2 Å². The summed E-state index contributed by atoms with van der Waals surface area (Å²) >= 11 is 0. The number of aromatic nitrogens is 2. The van der Waals surface area contributed by atoms with E-state index in [9.17, 15) is 19.2 Å². The summed E-state index contributed by atoms with van der Waals surface area (Å²) < 4.78 is 12.2. The van der Waals surface area contributed by atoms with Crippen molar-refractivity contribution in [2.24, 2.45) is 13.0 Å². The maximum Gasteiger partial charge on any atom is 0.287 e. The van der Waals surface area contributed by atoms with Crippen LogP contribution < -0.4 is 20.7 Å². The molecule has 3 aromatic rings. The Kier molecular flexibility index (Phi) is 9.40. The molecule has 1 aliphatic carbocycles. The normalized spacial score (nSPS) is 18.4. The number of methoxy groups -OCH3 is 1. The summed E-state index contributed by atoms with van der Waals surface area (Å²) in [6.07, 6.45) is 4.54. The third kappa shape index (κ3) is 7.40. The Hall–Kier alpha value is -4.25. The monoisotopic (exact) mass is 589 g/mol. The minimum absolute atomic E-state index is 0.127. The van der Waals surface area contributed by atoms with Crippen molar-refractivity contribution in [1.82, 2.24) is 25.5 Å². The van der Waals surface area contributed by atoms with Crippen molar-refractivity contribution in [1.29, 1.82) is 0 Å². The summed E-state index contributed by atoms with van der Waals surface area (Å²) in [5.74, 6) is -0.440. The van der Waals surface area contributed by atoms with Crippen LogP contribution in [0.3, 0.4) is 0 Å². The molecule has 228 valence electrons. The molecule has 0 spiro atoms. The number of amides is 3. The number of fused-ring (bicyclic) bond motifs is 1. The van der Waals surface area contributed by atoms with Crippen molar-refractivity contribution in [3.63, 3.8) is 0 Å². The highest BCUT2D eigenvalue weighted by molar-refractivity contribution is 5.99. The largest absolute Gasteiger partial charge is 0.497 e. The molecule has 3 N–H and O–H groups in total. The maximum atomic E-state index is 13.7. The van der Waals surface area contributed by atoms with Crippen LogP contribution in [0.4, 0.5) is 0 Å². The van der Waals surface area contributed by atoms with Crippen LogP contribution in [0.1, 0.15) is 55.2 Å². The molecule has 43 heavy (non-hydrogen) atoms. The summed E-state index contributed by atoms with van der Waals surface area (Å²) in [4.78, 5) is 57.6. The first-order valence-electron chi connectivity index (χ1n) is 14.8. The third-order valence-corrected chi connectivity index (χ3v) is 8.32. The molecule has 11 nitrogen and oxygen atoms in total. The van der Waals surface area contributed by atoms with Crippen molar-refractivity contribution in [2.75, 3.05) is 13.7 Å². The summed E-state index contributed by atoms with van der Waals surface area (Å²) in [7, 11) is 3.31. The Morgan fingerprint density at radius 3 is 2.30 bits per heavy atom. The van der Waals surface area contributed by atoms with Crippen LogP contribution in [0.2, 0.25) is 0 Å². The van der Waals surface area contributed by atoms with Gasteiger partial charge in [-0.15, -0.1) is 0 Å². The summed E-state index contributed by atoms with van der Waals surface area (Å²) in [5.41, 5.74) is 2.25. The minimum Gasteiger partial charge on any atom is -0.497 e. The van der Waals surface area contributed by atoms with Gasteiger partial charge in [-0.2, -0.15) is 0 Å². The van der Waals surface area contributed by atoms with Gasteiger partial charge in [0.15, 0.2) is 11.6 Å². The third-order valence-electron chi connectivity index (χ3n) is 8.32. The van der Waals surface area contributed by atoms with E-state index in [2.05, 4.69) is 20.9 Å². The van der Waals surface area contributed by atoms with Crippen LogP contribution in [-0.2, 0) is 32.6 Å². The molecule has 0 radical (unpaired) electrons. The zero-order valence-electron chi connectivity index (χ0n) is 24.8. The van der Waals surface area contributed by atoms with E-state index in [1.165, 1.54) is 0 Å². The van der Waals surface area contributed by atoms with Crippen molar-refractivity contribution >= 4 is 34.5 Å². The second-order valence-corrected chi connectivity index (χ2v) is 11.5. The predicted octanol–water partition coefficient (Wildman–Crippen LogP) is 2.46. The zero-order chi connectivity index (χ0) is 30.5. The Labute approximate surface area is 250 Å². The second-order valence-electron chi connectivity index (χ2n) is 11.5. The molecule has 4 atom stereocenters. The molecule has 2 aromatic carbocycles. The van der Waals surface area contributed by atoms with Gasteiger partial charge < -0.3 is 30.0 Å². The fraction of sp³-hybridized carbons (Fsp3) is 0.469. The lowest BCUT2D eigenvalue weighted by Crippen LogP contribution is -2.56. The number of carbonyl (C=O) groups excluding carboxylic acids is 4. The lowest BCUT2D eigenvalue weighted by molar-refractivity contribution is -0.132. The fourth-order valence-electron chi connectivity index (χ4n) is 5.71. The smallest absolute Gasteiger partial charge is 0.287 e. The summed E-state index contributed by atoms with van der Waals surface area (Å²) in [6.45, 7) is 1.92. The molecular weight excluding hydrogens is 550 g/mol. The second kappa shape index (κ2) is 13.4. The average molecular weight is 590 g/mol. The molecule has 1 saturated heterocycles. The molecule has 11 heteroatoms. The molecule has 0 unspecified atom stereocenters. The average Bonchev–Trinajstić information content (AvgIpc) is 3.63. The Balaban J connectivity index is 1.29. The number of nitrogens with zero attached hydrogens (tertiary/aromatic N) is 2. The highest BCUT2D eigenvalue weighted by Crippen LogP contribution is 2.30. The van der Waals surface area contributed by atoms with Crippen LogP contribution >= 0.6 is 0 Å². The number of carbonyl (C=O) groups is 4. The Bertz CT molecular complexity index is 1480. The quantitative estimate of drug-likeness (QED) is 0.260. The van der Waals surface area contributed by atoms with Gasteiger partial charge in [0.25, 0.3) is 5.91 Å². The van der Waals surface area contributed by atoms with Crippen LogP contribution in [0.15, 0.2) is 48.5 Å². The summed E-state index contributed by atoms with van der Waals surface area (Å²) in [6, 6.07) is 11.9. The molecule has 0 bridgehead atoms. The van der Waals surface area contributed by atoms with Gasteiger partial charge in [-0.05, 0) is 49.1 Å². The molecular formula is C32H39N5O6. The van der Waals surface area contributed by atoms with Crippen LogP contribution in [0, 0.1) is 5.92 Å². The van der Waals surface area contributed by atoms with Crippen LogP contribution in [0.5, 0.6) is 5.75 Å². The van der Waals surface area contributed by atoms with E-state index in [4.69, 9.17) is 9.47 Å². The van der Waals surface area contributed by atoms with E-state index in [-0.39, 0.29) is 18.0 Å². The first-order valence-corrected chi connectivity index (χ1v) is 14.8. The van der Waals surface area contributed by atoms with Crippen LogP contribution in [0.25, 0.3) is 11.0 Å². The first kappa shape index (κ1) is 30.2. The van der Waals surface area contributed by atoms with Gasteiger partial charge in [0, 0.05) is 13.5 Å². The van der Waals surface area contributed by atoms with Crippen molar-refractivity contribution in [3.8, 4) is 5.75 Å². The number of epoxide rings is 1. The van der Waals surface area contributed by atoms with Crippen molar-refractivity contribution < 1.29 is 28.7 Å². The van der Waals surface area contributed by atoms with E-state index >= 15 is 0 Å². The SMILES string of the molecule is COc1ccc(C[C@H](NC(=O)[C@@H](C)NC(=O)c2nc3ccccc3n2C)C(=O)N[C@@H](CC2CCCC2)C(=O)[C@H]2CO2)cc1. The number of imidazole rings is 1. The van der Waals surface area contributed by atoms with E-state index < -0.39 is 42.0 Å². The number of benzene rings is 2. The molecule has 1 aliphatic heterocycles. The maximum absolute atomic E-state index is 13.7. The van der Waals surface area contributed by atoms with Crippen molar-refractivity contribution in [3.05, 3.63) is 59.9 Å². The van der Waals surface area contributed by atoms with Crippen LogP contribution in [-0.4, -0.2) is 71.0 Å². The number of rotatable bonds is 13. The van der Waals surface area contributed by atoms with E-state index in [0.717, 1.165) is 36.8 Å². The predicted molar refractivity (Wildman–Crippen MR) is 160 cm³/mol. The lowest BCUT2D eigenvalue weighted by atomic mass is 9.94. The number of ketones is 1. The topological polar surface area (TPSA) is 144 Å². The minimum atomic E-state index is -0.991. The van der Waals surface area contributed by atoms with Gasteiger partial charge in [0.05, 0.1) is 30.8 Å². The molecule has 2 heterocycles. The van der Waals surface area contributed by atoms with Gasteiger partial charge >= 0.3 is 0 Å². The number of hydrogen-bond acceptors (Lipinski definition) is 7. The Morgan fingerprint density at radius 1 is 0.977 bits per heavy atom. The van der Waals surface area contributed by atoms with Gasteiger partial charge in [0.2, 0.25) is 11.8 Å². The molecule has 3 amide bonds. The Morgan fingerprint density at radius 2 is 1.65 bits per heavy atom. The number of ether oxygens (including phenoxy) is 2. The lowest BCUT2D eigenvalue weighted by Gasteiger charge is -2.25. The fourth-order valence-corrected chi connectivity index (χ4v) is 5.71. The highest BCUT2D eigenvalue weighted by Gasteiger charge is 2.39. The number of aryl methyl sites for hydroxylation is 1. The number of Topliss-reactive ketones (excluding diaryl/α,β-unsaturated/α-hetero) is 1. The van der Waals surface area contributed by atoms with Crippen molar-refractivity contribution in [2.45, 2.75) is 69.7 Å². The first-order chi connectivity index (χ1) is 20.7. The molecule has 5 rings (SSSR count).